The minimum absolute atomic E-state index is 0.533. The Morgan fingerprint density at radius 3 is 2.59 bits per heavy atom. The molecule has 0 aromatic heterocycles. The van der Waals surface area contributed by atoms with E-state index in [0.29, 0.717) is 22.2 Å². The summed E-state index contributed by atoms with van der Waals surface area (Å²) in [5.74, 6) is 1.91. The molecule has 0 radical (unpaired) electrons. The predicted molar refractivity (Wildman–Crippen MR) is 68.9 cm³/mol. The van der Waals surface area contributed by atoms with Crippen LogP contribution < -0.4 is 15.2 Å². The van der Waals surface area contributed by atoms with E-state index in [9.17, 15) is 0 Å². The van der Waals surface area contributed by atoms with E-state index in [0.717, 1.165) is 5.75 Å². The highest BCUT2D eigenvalue weighted by atomic mass is 35.5. The van der Waals surface area contributed by atoms with Crippen LogP contribution in [0.3, 0.4) is 0 Å². The number of benzene rings is 2. The van der Waals surface area contributed by atoms with E-state index in [1.54, 1.807) is 31.4 Å². The first-order chi connectivity index (χ1) is 8.19. The Labute approximate surface area is 105 Å². The maximum Gasteiger partial charge on any atom is 0.151 e. The van der Waals surface area contributed by atoms with Gasteiger partial charge in [-0.25, -0.2) is 0 Å². The van der Waals surface area contributed by atoms with Gasteiger partial charge in [-0.05, 0) is 24.3 Å². The highest BCUT2D eigenvalue weighted by molar-refractivity contribution is 6.30. The van der Waals surface area contributed by atoms with Gasteiger partial charge in [-0.1, -0.05) is 17.7 Å². The third-order valence-corrected chi connectivity index (χ3v) is 2.48. The zero-order valence-corrected chi connectivity index (χ0v) is 10.1. The SMILES string of the molecule is COc1cccc(Oc2cc(Cl)ccc2N)c1. The average Bonchev–Trinajstić information content (AvgIpc) is 2.34. The molecule has 2 aromatic carbocycles. The second-order valence-corrected chi connectivity index (χ2v) is 3.90. The van der Waals surface area contributed by atoms with Crippen LogP contribution in [0.1, 0.15) is 0 Å². The number of ether oxygens (including phenoxy) is 2. The Balaban J connectivity index is 2.27. The first-order valence-corrected chi connectivity index (χ1v) is 5.44. The molecule has 0 aliphatic carbocycles. The molecule has 2 aromatic rings. The van der Waals surface area contributed by atoms with Gasteiger partial charge in [-0.2, -0.15) is 0 Å². The largest absolute Gasteiger partial charge is 0.497 e. The third-order valence-electron chi connectivity index (χ3n) is 2.24. The molecule has 3 nitrogen and oxygen atoms in total. The molecule has 2 rings (SSSR count). The van der Waals surface area contributed by atoms with E-state index in [1.165, 1.54) is 0 Å². The van der Waals surface area contributed by atoms with Crippen LogP contribution in [0.2, 0.25) is 5.02 Å². The van der Waals surface area contributed by atoms with Crippen LogP contribution in [-0.2, 0) is 0 Å². The normalized spacial score (nSPS) is 10.0. The van der Waals surface area contributed by atoms with Gasteiger partial charge in [-0.3, -0.25) is 0 Å². The smallest absolute Gasteiger partial charge is 0.151 e. The molecule has 0 bridgehead atoms. The standard InChI is InChI=1S/C13H12ClNO2/c1-16-10-3-2-4-11(8-10)17-13-7-9(14)5-6-12(13)15/h2-8H,15H2,1H3. The second-order valence-electron chi connectivity index (χ2n) is 3.46. The highest BCUT2D eigenvalue weighted by Gasteiger charge is 2.04. The van der Waals surface area contributed by atoms with Crippen molar-refractivity contribution in [3.8, 4) is 17.2 Å². The molecule has 0 saturated carbocycles. The van der Waals surface area contributed by atoms with Crippen molar-refractivity contribution in [2.24, 2.45) is 0 Å². The average molecular weight is 250 g/mol. The van der Waals surface area contributed by atoms with Crippen LogP contribution in [-0.4, -0.2) is 7.11 Å². The van der Waals surface area contributed by atoms with Crippen molar-refractivity contribution < 1.29 is 9.47 Å². The van der Waals surface area contributed by atoms with Gasteiger partial charge in [-0.15, -0.1) is 0 Å². The van der Waals surface area contributed by atoms with Crippen molar-refractivity contribution in [1.29, 1.82) is 0 Å². The van der Waals surface area contributed by atoms with E-state index in [-0.39, 0.29) is 0 Å². The minimum Gasteiger partial charge on any atom is -0.497 e. The number of hydrogen-bond acceptors (Lipinski definition) is 3. The molecule has 0 spiro atoms. The van der Waals surface area contributed by atoms with Gasteiger partial charge in [0.1, 0.15) is 11.5 Å². The molecule has 0 aliphatic heterocycles. The van der Waals surface area contributed by atoms with Crippen LogP contribution in [0.15, 0.2) is 42.5 Å². The Morgan fingerprint density at radius 2 is 1.82 bits per heavy atom. The van der Waals surface area contributed by atoms with E-state index in [1.807, 2.05) is 18.2 Å². The van der Waals surface area contributed by atoms with Gasteiger partial charge in [0, 0.05) is 17.2 Å². The van der Waals surface area contributed by atoms with Crippen LogP contribution in [0, 0.1) is 0 Å². The summed E-state index contributed by atoms with van der Waals surface area (Å²) in [4.78, 5) is 0. The third kappa shape index (κ3) is 2.82. The summed E-state index contributed by atoms with van der Waals surface area (Å²) in [7, 11) is 1.60. The van der Waals surface area contributed by atoms with Gasteiger partial charge < -0.3 is 15.2 Å². The van der Waals surface area contributed by atoms with Crippen molar-refractivity contribution in [2.45, 2.75) is 0 Å². The summed E-state index contributed by atoms with van der Waals surface area (Å²) < 4.78 is 10.8. The number of anilines is 1. The molecule has 0 fully saturated rings. The van der Waals surface area contributed by atoms with Crippen LogP contribution in [0.25, 0.3) is 0 Å². The highest BCUT2D eigenvalue weighted by Crippen LogP contribution is 2.31. The lowest BCUT2D eigenvalue weighted by Crippen LogP contribution is -1.92. The predicted octanol–water partition coefficient (Wildman–Crippen LogP) is 3.72. The minimum atomic E-state index is 0.533. The molecule has 0 atom stereocenters. The summed E-state index contributed by atoms with van der Waals surface area (Å²) in [5, 5.41) is 0.581. The Kier molecular flexibility index (Phi) is 3.40. The Bertz CT molecular complexity index is 529. The summed E-state index contributed by atoms with van der Waals surface area (Å²) in [6, 6.07) is 12.4. The molecule has 0 aliphatic rings. The van der Waals surface area contributed by atoms with Gasteiger partial charge >= 0.3 is 0 Å². The summed E-state index contributed by atoms with van der Waals surface area (Å²) >= 11 is 5.88. The van der Waals surface area contributed by atoms with Crippen LogP contribution in [0.4, 0.5) is 5.69 Å². The van der Waals surface area contributed by atoms with Gasteiger partial charge in [0.15, 0.2) is 5.75 Å². The van der Waals surface area contributed by atoms with Gasteiger partial charge in [0.05, 0.1) is 12.8 Å². The molecule has 0 heterocycles. The van der Waals surface area contributed by atoms with E-state index < -0.39 is 0 Å². The number of rotatable bonds is 3. The quantitative estimate of drug-likeness (QED) is 0.843. The summed E-state index contributed by atoms with van der Waals surface area (Å²) in [6.07, 6.45) is 0. The van der Waals surface area contributed by atoms with Crippen LogP contribution >= 0.6 is 11.6 Å². The number of hydrogen-bond donors (Lipinski definition) is 1. The van der Waals surface area contributed by atoms with Gasteiger partial charge in [0.2, 0.25) is 0 Å². The van der Waals surface area contributed by atoms with E-state index in [4.69, 9.17) is 26.8 Å². The first-order valence-electron chi connectivity index (χ1n) is 5.06. The zero-order valence-electron chi connectivity index (χ0n) is 9.31. The monoisotopic (exact) mass is 249 g/mol. The summed E-state index contributed by atoms with van der Waals surface area (Å²) in [6.45, 7) is 0. The first kappa shape index (κ1) is 11.6. The number of nitrogens with two attached hydrogens (primary N) is 1. The Morgan fingerprint density at radius 1 is 1.06 bits per heavy atom. The van der Waals surface area contributed by atoms with E-state index >= 15 is 0 Å². The molecular formula is C13H12ClNO2. The molecule has 0 amide bonds. The fourth-order valence-electron chi connectivity index (χ4n) is 1.39. The van der Waals surface area contributed by atoms with Crippen molar-refractivity contribution in [2.75, 3.05) is 12.8 Å². The number of methoxy groups -OCH3 is 1. The summed E-state index contributed by atoms with van der Waals surface area (Å²) in [5.41, 5.74) is 6.33. The zero-order chi connectivity index (χ0) is 12.3. The molecule has 0 unspecified atom stereocenters. The lowest BCUT2D eigenvalue weighted by molar-refractivity contribution is 0.409. The fraction of sp³-hybridized carbons (Fsp3) is 0.0769. The molecular weight excluding hydrogens is 238 g/mol. The molecule has 0 saturated heterocycles. The van der Waals surface area contributed by atoms with E-state index in [2.05, 4.69) is 0 Å². The lowest BCUT2D eigenvalue weighted by atomic mass is 10.3. The van der Waals surface area contributed by atoms with Crippen LogP contribution in [0.5, 0.6) is 17.2 Å². The van der Waals surface area contributed by atoms with Crippen molar-refractivity contribution >= 4 is 17.3 Å². The topological polar surface area (TPSA) is 44.5 Å². The van der Waals surface area contributed by atoms with Crippen molar-refractivity contribution in [3.05, 3.63) is 47.5 Å². The Hall–Kier alpha value is -1.87. The molecule has 2 N–H and O–H groups in total. The fourth-order valence-corrected chi connectivity index (χ4v) is 1.55. The number of nitrogen functional groups attached to an aromatic ring is 1. The van der Waals surface area contributed by atoms with Crippen molar-refractivity contribution in [1.82, 2.24) is 0 Å². The second kappa shape index (κ2) is 4.97. The molecule has 4 heteroatoms. The molecule has 88 valence electrons. The maximum absolute atomic E-state index is 5.88. The maximum atomic E-state index is 5.88. The molecule has 17 heavy (non-hydrogen) atoms. The van der Waals surface area contributed by atoms with Crippen molar-refractivity contribution in [3.63, 3.8) is 0 Å². The lowest BCUT2D eigenvalue weighted by Gasteiger charge is -2.09. The number of halogens is 1. The van der Waals surface area contributed by atoms with Gasteiger partial charge in [0.25, 0.3) is 0 Å².